The number of carbonyl (C=O) groups is 2. The zero-order valence-corrected chi connectivity index (χ0v) is 65.1. The van der Waals surface area contributed by atoms with Crippen molar-refractivity contribution in [3.05, 3.63) is 250 Å². The smallest absolute Gasteiger partial charge is 0.260 e. The van der Waals surface area contributed by atoms with E-state index in [1.807, 2.05) is 24.3 Å². The number of amides is 2. The van der Waals surface area contributed by atoms with Crippen molar-refractivity contribution in [2.24, 2.45) is 0 Å². The van der Waals surface area contributed by atoms with Gasteiger partial charge in [-0.2, -0.15) is 0 Å². The van der Waals surface area contributed by atoms with Gasteiger partial charge in [-0.1, -0.05) is 343 Å². The molecule has 544 valence electrons. The lowest BCUT2D eigenvalue weighted by Crippen LogP contribution is -2.33. The van der Waals surface area contributed by atoms with Gasteiger partial charge in [0.25, 0.3) is 11.8 Å². The molecule has 5 aliphatic rings. The summed E-state index contributed by atoms with van der Waals surface area (Å²) in [5.41, 5.74) is 32.9. The first-order valence-corrected chi connectivity index (χ1v) is 41.7. The molecule has 15 rings (SSSR count). The van der Waals surface area contributed by atoms with Gasteiger partial charge in [-0.3, -0.25) is 14.9 Å². The molecule has 0 saturated carbocycles. The van der Waals surface area contributed by atoms with Crippen molar-refractivity contribution in [3.8, 4) is 89.0 Å². The summed E-state index contributed by atoms with van der Waals surface area (Å²) in [5.74, 6) is -0.849. The number of nitrogens with one attached hydrogen (secondary N) is 2. The van der Waals surface area contributed by atoms with Gasteiger partial charge in [0.2, 0.25) is 0 Å². The summed E-state index contributed by atoms with van der Waals surface area (Å²) in [6, 6.07) is 73.7. The van der Waals surface area contributed by atoms with Gasteiger partial charge in [0, 0.05) is 21.7 Å². The molecule has 4 heteroatoms. The number of hydrogen-bond donors (Lipinski definition) is 2. The van der Waals surface area contributed by atoms with E-state index in [4.69, 9.17) is 0 Å². The van der Waals surface area contributed by atoms with Crippen LogP contribution in [0.3, 0.4) is 0 Å². The lowest BCUT2D eigenvalue weighted by Gasteiger charge is -2.33. The van der Waals surface area contributed by atoms with E-state index in [9.17, 15) is 9.59 Å². The maximum atomic E-state index is 14.5. The van der Waals surface area contributed by atoms with E-state index in [1.165, 1.54) is 280 Å². The van der Waals surface area contributed by atoms with E-state index in [2.05, 4.69) is 236 Å². The molecule has 106 heavy (non-hydrogen) atoms. The first-order chi connectivity index (χ1) is 51.7. The van der Waals surface area contributed by atoms with Crippen LogP contribution < -0.4 is 10.6 Å². The topological polar surface area (TPSA) is 58.2 Å². The van der Waals surface area contributed by atoms with E-state index in [0.29, 0.717) is 22.5 Å². The fourth-order valence-corrected chi connectivity index (χ4v) is 20.0. The zero-order valence-electron chi connectivity index (χ0n) is 65.1. The molecule has 2 amide bonds. The molecular weight excluding hydrogens is 1290 g/mol. The zero-order chi connectivity index (χ0) is 73.2. The lowest BCUT2D eigenvalue weighted by atomic mass is 9.70. The summed E-state index contributed by atoms with van der Waals surface area (Å²) >= 11 is 0. The number of unbranched alkanes of at least 4 members (excludes halogenated alkanes) is 20. The highest BCUT2D eigenvalue weighted by molar-refractivity contribution is 6.17. The van der Waals surface area contributed by atoms with Crippen LogP contribution in [0.5, 0.6) is 0 Å². The van der Waals surface area contributed by atoms with Gasteiger partial charge in [-0.25, -0.2) is 0 Å². The molecule has 0 radical (unpaired) electrons. The first kappa shape index (κ1) is 72.7. The number of hydrogen-bond acceptors (Lipinski definition) is 3. The Morgan fingerprint density at radius 2 is 0.462 bits per heavy atom. The Morgan fingerprint density at radius 1 is 0.226 bits per heavy atom. The summed E-state index contributed by atoms with van der Waals surface area (Å²) in [6.07, 6.45) is 36.2. The third-order valence-corrected chi connectivity index (χ3v) is 26.1. The lowest BCUT2D eigenvalue weighted by molar-refractivity contribution is 0.0849. The van der Waals surface area contributed by atoms with E-state index in [1.54, 1.807) is 11.1 Å². The van der Waals surface area contributed by atoms with E-state index in [0.717, 1.165) is 22.3 Å². The van der Waals surface area contributed by atoms with Crippen molar-refractivity contribution in [2.45, 2.75) is 257 Å². The minimum atomic E-state index is -0.425. The molecule has 0 fully saturated rings. The van der Waals surface area contributed by atoms with Crippen molar-refractivity contribution in [2.75, 3.05) is 5.32 Å². The molecule has 4 aliphatic carbocycles. The van der Waals surface area contributed by atoms with Gasteiger partial charge in [-0.05, 0) is 220 Å². The van der Waals surface area contributed by atoms with Gasteiger partial charge in [0.05, 0.1) is 22.5 Å². The predicted molar refractivity (Wildman–Crippen MR) is 449 cm³/mol. The summed E-state index contributed by atoms with van der Waals surface area (Å²) in [4.78, 5) is 28.9. The standard InChI is InChI=1S/C102H114N2O2/c1-9-13-17-21-25-33-57-101(58-34-26-22-18-14-10-2)87-39-31-29-37-77(87)83-53-45-75(67-93(83)101)73-43-51-81-79-49-41-71(63-89(79)99(5,6)91(81)65-73)69-47-55-95-85(61-69)97(105)104-98(106)86-62-70(48-56-96(86)103-95)72-42-50-80-82-52-44-74(66-92(82)100(7,8)90(80)64-72)76-46-54-84-78-38-30-32-40-88(78)102(94(84)68-76,59-35-27-23-19-15-11-3)60-36-28-24-20-16-12-4/h29-32,37-56,61-68,103H,9-28,33-36,57-60H2,1-8H3,(H,104,105,106). The van der Waals surface area contributed by atoms with Crippen LogP contribution in [0.25, 0.3) is 89.0 Å². The molecule has 0 aromatic heterocycles. The Morgan fingerprint density at radius 3 is 0.764 bits per heavy atom. The molecular formula is C102H114N2O2. The SMILES string of the molecule is CCCCCCCCC1(CCCCCCCC)c2ccccc2-c2ccc(-c3ccc4c(c3)C(C)(C)c3cc(-c5ccc6c(c5)C(=O)NC(=O)c5cc(-c7ccc8c(c7)C(C)(C)c7cc(-c9ccc%10c(c9)C(CCCCCCCC)(CCCCCCCC)c9ccccc9-%10)ccc7-8)ccc5N6)ccc3-4)cc21. The second-order valence-corrected chi connectivity index (χ2v) is 33.6. The summed E-state index contributed by atoms with van der Waals surface area (Å²) in [6.45, 7) is 18.7. The van der Waals surface area contributed by atoms with Crippen molar-refractivity contribution in [1.82, 2.24) is 5.32 Å². The quantitative estimate of drug-likeness (QED) is 0.0326. The number of imide groups is 1. The van der Waals surface area contributed by atoms with Crippen LogP contribution in [-0.2, 0) is 21.7 Å². The maximum absolute atomic E-state index is 14.5. The third kappa shape index (κ3) is 13.6. The van der Waals surface area contributed by atoms with E-state index < -0.39 is 11.8 Å². The molecule has 0 atom stereocenters. The normalized spacial score (nSPS) is 15.2. The molecule has 1 heterocycles. The molecule has 10 aromatic carbocycles. The number of rotatable bonds is 32. The summed E-state index contributed by atoms with van der Waals surface area (Å²) in [5, 5.41) is 6.38. The van der Waals surface area contributed by atoms with Gasteiger partial charge < -0.3 is 5.32 Å². The molecule has 4 nitrogen and oxygen atoms in total. The average molecular weight is 1400 g/mol. The van der Waals surface area contributed by atoms with E-state index in [-0.39, 0.29) is 21.7 Å². The Labute approximate surface area is 635 Å². The van der Waals surface area contributed by atoms with Crippen molar-refractivity contribution >= 4 is 23.2 Å². The van der Waals surface area contributed by atoms with Crippen molar-refractivity contribution in [1.29, 1.82) is 0 Å². The maximum Gasteiger partial charge on any atom is 0.260 e. The van der Waals surface area contributed by atoms with Crippen molar-refractivity contribution < 1.29 is 9.59 Å². The van der Waals surface area contributed by atoms with Gasteiger partial charge in [0.15, 0.2) is 0 Å². The fraction of sp³-hybridized carbons (Fsp3) is 0.392. The van der Waals surface area contributed by atoms with Crippen molar-refractivity contribution in [3.63, 3.8) is 0 Å². The third-order valence-electron chi connectivity index (χ3n) is 26.1. The molecule has 10 aromatic rings. The molecule has 1 aliphatic heterocycles. The Balaban J connectivity index is 0.662. The number of benzene rings is 10. The van der Waals surface area contributed by atoms with Crippen LogP contribution in [0.15, 0.2) is 194 Å². The minimum Gasteiger partial charge on any atom is -0.354 e. The first-order valence-electron chi connectivity index (χ1n) is 41.7. The molecule has 0 unspecified atom stereocenters. The van der Waals surface area contributed by atoms with Crippen LogP contribution in [-0.4, -0.2) is 11.8 Å². The second kappa shape index (κ2) is 31.2. The molecule has 0 spiro atoms. The largest absolute Gasteiger partial charge is 0.354 e. The summed E-state index contributed by atoms with van der Waals surface area (Å²) < 4.78 is 0. The predicted octanol–water partition coefficient (Wildman–Crippen LogP) is 29.1. The highest BCUT2D eigenvalue weighted by Gasteiger charge is 2.45. The fourth-order valence-electron chi connectivity index (χ4n) is 20.0. The Bertz CT molecular complexity index is 4580. The van der Waals surface area contributed by atoms with Gasteiger partial charge >= 0.3 is 0 Å². The molecule has 2 N–H and O–H groups in total. The summed E-state index contributed by atoms with van der Waals surface area (Å²) in [7, 11) is 0. The van der Waals surface area contributed by atoms with Crippen LogP contribution >= 0.6 is 0 Å². The molecule has 0 saturated heterocycles. The highest BCUT2D eigenvalue weighted by Crippen LogP contribution is 2.59. The second-order valence-electron chi connectivity index (χ2n) is 33.6. The van der Waals surface area contributed by atoms with Gasteiger partial charge in [-0.15, -0.1) is 0 Å². The molecule has 0 bridgehead atoms. The number of fused-ring (bicyclic) bond motifs is 14. The van der Waals surface area contributed by atoms with Gasteiger partial charge in [0.1, 0.15) is 0 Å². The highest BCUT2D eigenvalue weighted by atomic mass is 16.2. The minimum absolute atomic E-state index is 0.0224. The average Bonchev–Trinajstić information content (AvgIpc) is 1.56. The van der Waals surface area contributed by atoms with Crippen LogP contribution in [0.1, 0.15) is 300 Å². The number of carbonyl (C=O) groups excluding carboxylic acids is 2. The monoisotopic (exact) mass is 1400 g/mol. The van der Waals surface area contributed by atoms with Crippen LogP contribution in [0.2, 0.25) is 0 Å². The Hall–Kier alpha value is -8.86. The van der Waals surface area contributed by atoms with E-state index >= 15 is 0 Å². The van der Waals surface area contributed by atoms with Crippen LogP contribution in [0, 0.1) is 0 Å². The Kier molecular flexibility index (Phi) is 21.4. The number of anilines is 2. The van der Waals surface area contributed by atoms with Crippen LogP contribution in [0.4, 0.5) is 11.4 Å².